The molecule has 2 aliphatic rings. The summed E-state index contributed by atoms with van der Waals surface area (Å²) in [6, 6.07) is 4.57. The van der Waals surface area contributed by atoms with E-state index in [1.807, 2.05) is 13.8 Å². The van der Waals surface area contributed by atoms with E-state index in [4.69, 9.17) is 4.74 Å². The van der Waals surface area contributed by atoms with E-state index in [9.17, 15) is 18.0 Å². The number of sulfonamides is 1. The predicted molar refractivity (Wildman–Crippen MR) is 94.5 cm³/mol. The van der Waals surface area contributed by atoms with Gasteiger partial charge in [-0.1, -0.05) is 0 Å². The zero-order valence-electron chi connectivity index (χ0n) is 15.1. The van der Waals surface area contributed by atoms with Crippen LogP contribution in [0.15, 0.2) is 23.1 Å². The number of nitrogens with zero attached hydrogens (tertiary/aromatic N) is 2. The Hall–Kier alpha value is -1.97. The summed E-state index contributed by atoms with van der Waals surface area (Å²) in [5, 5.41) is 3.35. The maximum absolute atomic E-state index is 12.8. The topological polar surface area (TPSA) is 96.0 Å². The number of rotatable bonds is 4. The van der Waals surface area contributed by atoms with Gasteiger partial charge in [-0.3, -0.25) is 9.59 Å². The third kappa shape index (κ3) is 3.22. The van der Waals surface area contributed by atoms with Crippen molar-refractivity contribution in [3.63, 3.8) is 0 Å². The molecule has 2 amide bonds. The van der Waals surface area contributed by atoms with Gasteiger partial charge in [-0.15, -0.1) is 0 Å². The molecule has 142 valence electrons. The average molecular weight is 381 g/mol. The summed E-state index contributed by atoms with van der Waals surface area (Å²) in [5.41, 5.74) is 0.370. The summed E-state index contributed by atoms with van der Waals surface area (Å²) >= 11 is 0. The van der Waals surface area contributed by atoms with E-state index >= 15 is 0 Å². The van der Waals surface area contributed by atoms with Crippen LogP contribution in [0.25, 0.3) is 0 Å². The molecule has 1 aromatic carbocycles. The van der Waals surface area contributed by atoms with Crippen LogP contribution in [-0.2, 0) is 14.8 Å². The number of amides is 2. The van der Waals surface area contributed by atoms with Gasteiger partial charge in [0, 0.05) is 37.8 Å². The standard InChI is InChI=1S/C17H23N3O5S/c1-11-9-19(10-12(2)18-11)16(21)13-4-5-14-15(8-13)26(23,24)20(17(14)22)6-7-25-3/h4-5,8,11-12,18H,6-7,9-10H2,1-3H3/t11-,12-/m0/s1. The zero-order valence-corrected chi connectivity index (χ0v) is 15.9. The number of fused-ring (bicyclic) bond motifs is 1. The van der Waals surface area contributed by atoms with Crippen LogP contribution in [0.4, 0.5) is 0 Å². The Morgan fingerprint density at radius 1 is 1.27 bits per heavy atom. The lowest BCUT2D eigenvalue weighted by Gasteiger charge is -2.36. The van der Waals surface area contributed by atoms with Crippen LogP contribution in [0.5, 0.6) is 0 Å². The van der Waals surface area contributed by atoms with Gasteiger partial charge in [0.15, 0.2) is 0 Å². The second-order valence-corrected chi connectivity index (χ2v) is 8.60. The largest absolute Gasteiger partial charge is 0.383 e. The molecule has 0 unspecified atom stereocenters. The van der Waals surface area contributed by atoms with Crippen molar-refractivity contribution in [2.45, 2.75) is 30.8 Å². The van der Waals surface area contributed by atoms with Crippen molar-refractivity contribution in [1.82, 2.24) is 14.5 Å². The van der Waals surface area contributed by atoms with Crippen LogP contribution in [0.1, 0.15) is 34.6 Å². The minimum absolute atomic E-state index is 0.0531. The third-order valence-electron chi connectivity index (χ3n) is 4.60. The highest BCUT2D eigenvalue weighted by Crippen LogP contribution is 2.31. The Kier molecular flexibility index (Phi) is 5.05. The van der Waals surface area contributed by atoms with Gasteiger partial charge in [0.05, 0.1) is 18.7 Å². The van der Waals surface area contributed by atoms with E-state index in [1.165, 1.54) is 25.3 Å². The number of carbonyl (C=O) groups is 2. The number of carbonyl (C=O) groups excluding carboxylic acids is 2. The van der Waals surface area contributed by atoms with Gasteiger partial charge >= 0.3 is 0 Å². The second-order valence-electron chi connectivity index (χ2n) is 6.76. The minimum Gasteiger partial charge on any atom is -0.383 e. The molecule has 26 heavy (non-hydrogen) atoms. The Morgan fingerprint density at radius 2 is 1.92 bits per heavy atom. The molecule has 2 aliphatic heterocycles. The minimum atomic E-state index is -3.96. The maximum Gasteiger partial charge on any atom is 0.269 e. The molecule has 1 N–H and O–H groups in total. The molecule has 1 aromatic rings. The normalized spacial score (nSPS) is 24.7. The van der Waals surface area contributed by atoms with Gasteiger partial charge in [-0.05, 0) is 32.0 Å². The summed E-state index contributed by atoms with van der Waals surface area (Å²) in [4.78, 5) is 26.8. The van der Waals surface area contributed by atoms with Crippen molar-refractivity contribution in [3.8, 4) is 0 Å². The molecule has 8 nitrogen and oxygen atoms in total. The van der Waals surface area contributed by atoms with Crippen molar-refractivity contribution in [2.75, 3.05) is 33.4 Å². The molecule has 1 fully saturated rings. The lowest BCUT2D eigenvalue weighted by molar-refractivity contribution is 0.0673. The van der Waals surface area contributed by atoms with Crippen LogP contribution in [0.2, 0.25) is 0 Å². The molecule has 0 spiro atoms. The number of hydrogen-bond donors (Lipinski definition) is 1. The fraction of sp³-hybridized carbons (Fsp3) is 0.529. The maximum atomic E-state index is 12.8. The van der Waals surface area contributed by atoms with Crippen molar-refractivity contribution >= 4 is 21.8 Å². The van der Waals surface area contributed by atoms with Gasteiger partial charge in [0.25, 0.3) is 21.8 Å². The Morgan fingerprint density at radius 3 is 2.54 bits per heavy atom. The number of piperazine rings is 1. The van der Waals surface area contributed by atoms with Crippen molar-refractivity contribution in [1.29, 1.82) is 0 Å². The SMILES string of the molecule is COCCN1C(=O)c2ccc(C(=O)N3C[C@H](C)N[C@@H](C)C3)cc2S1(=O)=O. The van der Waals surface area contributed by atoms with Gasteiger partial charge in [0.1, 0.15) is 4.90 Å². The van der Waals surface area contributed by atoms with Crippen LogP contribution >= 0.6 is 0 Å². The van der Waals surface area contributed by atoms with Gasteiger partial charge in [0.2, 0.25) is 0 Å². The third-order valence-corrected chi connectivity index (χ3v) is 6.42. The highest BCUT2D eigenvalue weighted by molar-refractivity contribution is 7.90. The van der Waals surface area contributed by atoms with Crippen LogP contribution < -0.4 is 5.32 Å². The highest BCUT2D eigenvalue weighted by Gasteiger charge is 2.41. The monoisotopic (exact) mass is 381 g/mol. The highest BCUT2D eigenvalue weighted by atomic mass is 32.2. The molecule has 2 atom stereocenters. The van der Waals surface area contributed by atoms with Crippen molar-refractivity contribution in [3.05, 3.63) is 29.3 Å². The number of hydrogen-bond acceptors (Lipinski definition) is 6. The zero-order chi connectivity index (χ0) is 19.1. The van der Waals surface area contributed by atoms with E-state index in [0.29, 0.717) is 13.1 Å². The molecular formula is C17H23N3O5S. The first-order valence-electron chi connectivity index (χ1n) is 8.51. The number of ether oxygens (including phenoxy) is 1. The van der Waals surface area contributed by atoms with Crippen molar-refractivity contribution < 1.29 is 22.7 Å². The molecule has 9 heteroatoms. The first-order valence-corrected chi connectivity index (χ1v) is 9.95. The Balaban J connectivity index is 1.91. The molecule has 0 aliphatic carbocycles. The summed E-state index contributed by atoms with van der Waals surface area (Å²) < 4.78 is 31.0. The van der Waals surface area contributed by atoms with E-state index in [1.54, 1.807) is 4.90 Å². The smallest absolute Gasteiger partial charge is 0.269 e. The Bertz CT molecular complexity index is 829. The number of methoxy groups -OCH3 is 1. The number of nitrogens with one attached hydrogen (secondary N) is 1. The van der Waals surface area contributed by atoms with Crippen LogP contribution in [0, 0.1) is 0 Å². The molecule has 2 heterocycles. The Labute approximate surface area is 153 Å². The van der Waals surface area contributed by atoms with Crippen LogP contribution in [0.3, 0.4) is 0 Å². The van der Waals surface area contributed by atoms with E-state index in [-0.39, 0.29) is 47.2 Å². The summed E-state index contributed by atoms with van der Waals surface area (Å²) in [6.07, 6.45) is 0. The van der Waals surface area contributed by atoms with Gasteiger partial charge < -0.3 is 15.0 Å². The number of benzene rings is 1. The average Bonchev–Trinajstić information content (AvgIpc) is 2.77. The van der Waals surface area contributed by atoms with Crippen LogP contribution in [-0.4, -0.2) is 74.9 Å². The second kappa shape index (κ2) is 6.98. The molecule has 3 rings (SSSR count). The first kappa shape index (κ1) is 18.8. The fourth-order valence-corrected chi connectivity index (χ4v) is 5.06. The molecule has 1 saturated heterocycles. The van der Waals surface area contributed by atoms with E-state index < -0.39 is 15.9 Å². The molecule has 0 saturated carbocycles. The van der Waals surface area contributed by atoms with Crippen molar-refractivity contribution in [2.24, 2.45) is 0 Å². The van der Waals surface area contributed by atoms with Gasteiger partial charge in [-0.25, -0.2) is 12.7 Å². The van der Waals surface area contributed by atoms with Gasteiger partial charge in [-0.2, -0.15) is 0 Å². The summed E-state index contributed by atoms with van der Waals surface area (Å²) in [5.74, 6) is -0.813. The lowest BCUT2D eigenvalue weighted by Crippen LogP contribution is -2.55. The predicted octanol–water partition coefficient (Wildman–Crippen LogP) is 0.300. The fourth-order valence-electron chi connectivity index (χ4n) is 3.48. The first-order chi connectivity index (χ1) is 12.3. The van der Waals surface area contributed by atoms with E-state index in [2.05, 4.69) is 5.32 Å². The molecular weight excluding hydrogens is 358 g/mol. The molecule has 0 aromatic heterocycles. The molecule has 0 radical (unpaired) electrons. The lowest BCUT2D eigenvalue weighted by atomic mass is 10.1. The summed E-state index contributed by atoms with van der Waals surface area (Å²) in [7, 11) is -2.52. The van der Waals surface area contributed by atoms with E-state index in [0.717, 1.165) is 4.31 Å². The summed E-state index contributed by atoms with van der Waals surface area (Å²) in [6.45, 7) is 5.15. The molecule has 0 bridgehead atoms. The quantitative estimate of drug-likeness (QED) is 0.806.